The quantitative estimate of drug-likeness (QED) is 0.773. The molecule has 0 unspecified atom stereocenters. The van der Waals surface area contributed by atoms with Crippen molar-refractivity contribution in [3.63, 3.8) is 0 Å². The van der Waals surface area contributed by atoms with Crippen LogP contribution in [0.4, 0.5) is 0 Å². The second kappa shape index (κ2) is 5.46. The summed E-state index contributed by atoms with van der Waals surface area (Å²) in [5, 5.41) is 0. The van der Waals surface area contributed by atoms with Crippen molar-refractivity contribution in [2.24, 2.45) is 0 Å². The second-order valence-corrected chi connectivity index (χ2v) is 6.69. The van der Waals surface area contributed by atoms with Gasteiger partial charge in [-0.1, -0.05) is 32.9 Å². The maximum absolute atomic E-state index is 12.5. The van der Waals surface area contributed by atoms with Crippen molar-refractivity contribution < 1.29 is 4.79 Å². The third-order valence-electron chi connectivity index (χ3n) is 3.97. The van der Waals surface area contributed by atoms with Crippen LogP contribution in [-0.2, 0) is 5.41 Å². The van der Waals surface area contributed by atoms with Gasteiger partial charge >= 0.3 is 0 Å². The van der Waals surface area contributed by atoms with E-state index >= 15 is 0 Å². The van der Waals surface area contributed by atoms with Crippen LogP contribution in [0.2, 0.25) is 0 Å². The fraction of sp³-hybridized carbons (Fsp3) is 0.588. The summed E-state index contributed by atoms with van der Waals surface area (Å²) in [5.41, 5.74) is 3.33. The maximum atomic E-state index is 12.5. The van der Waals surface area contributed by atoms with E-state index in [9.17, 15) is 4.79 Å². The Kier molecular flexibility index (Phi) is 4.10. The van der Waals surface area contributed by atoms with Crippen LogP contribution in [0.1, 0.15) is 55.1 Å². The molecule has 0 saturated carbocycles. The molecule has 2 nitrogen and oxygen atoms in total. The minimum absolute atomic E-state index is 0.0936. The first-order valence-electron chi connectivity index (χ1n) is 7.24. The molecule has 1 saturated heterocycles. The van der Waals surface area contributed by atoms with Gasteiger partial charge in [0.15, 0.2) is 5.78 Å². The highest BCUT2D eigenvalue weighted by Gasteiger charge is 2.20. The number of carbonyl (C=O) groups is 1. The molecule has 0 spiro atoms. The van der Waals surface area contributed by atoms with Crippen LogP contribution >= 0.6 is 0 Å². The van der Waals surface area contributed by atoms with Gasteiger partial charge in [-0.2, -0.15) is 0 Å². The number of hydrogen-bond acceptors (Lipinski definition) is 2. The molecule has 1 heterocycles. The number of benzene rings is 1. The van der Waals surface area contributed by atoms with Crippen LogP contribution in [-0.4, -0.2) is 30.3 Å². The molecule has 104 valence electrons. The standard InChI is InChI=1S/C17H25NO/c1-13-7-8-14(17(2,3)4)11-15(13)16(19)12-18-9-5-6-10-18/h7-8,11H,5-6,9-10,12H2,1-4H3. The molecule has 0 N–H and O–H groups in total. The number of ketones is 1. The van der Waals surface area contributed by atoms with E-state index in [0.29, 0.717) is 6.54 Å². The number of carbonyl (C=O) groups excluding carboxylic acids is 1. The zero-order valence-corrected chi connectivity index (χ0v) is 12.6. The van der Waals surface area contributed by atoms with E-state index < -0.39 is 0 Å². The Morgan fingerprint density at radius 3 is 2.42 bits per heavy atom. The molecule has 2 rings (SSSR count). The van der Waals surface area contributed by atoms with E-state index in [4.69, 9.17) is 0 Å². The molecule has 2 heteroatoms. The highest BCUT2D eigenvalue weighted by molar-refractivity contribution is 5.99. The first-order chi connectivity index (χ1) is 8.88. The van der Waals surface area contributed by atoms with Gasteiger partial charge in [0.2, 0.25) is 0 Å². The Morgan fingerprint density at radius 1 is 1.21 bits per heavy atom. The SMILES string of the molecule is Cc1ccc(C(C)(C)C)cc1C(=O)CN1CCCC1. The topological polar surface area (TPSA) is 20.3 Å². The van der Waals surface area contributed by atoms with Gasteiger partial charge in [0, 0.05) is 5.56 Å². The fourth-order valence-electron chi connectivity index (χ4n) is 2.62. The molecule has 19 heavy (non-hydrogen) atoms. The predicted molar refractivity (Wildman–Crippen MR) is 79.9 cm³/mol. The summed E-state index contributed by atoms with van der Waals surface area (Å²) in [5.74, 6) is 0.269. The van der Waals surface area contributed by atoms with Crippen molar-refractivity contribution in [1.29, 1.82) is 0 Å². The summed E-state index contributed by atoms with van der Waals surface area (Å²) in [7, 11) is 0. The first-order valence-corrected chi connectivity index (χ1v) is 7.24. The van der Waals surface area contributed by atoms with Crippen LogP contribution in [0.5, 0.6) is 0 Å². The van der Waals surface area contributed by atoms with E-state index in [1.807, 2.05) is 6.92 Å². The van der Waals surface area contributed by atoms with Crippen molar-refractivity contribution >= 4 is 5.78 Å². The van der Waals surface area contributed by atoms with Gasteiger partial charge in [-0.3, -0.25) is 9.69 Å². The molecular formula is C17H25NO. The largest absolute Gasteiger partial charge is 0.296 e. The second-order valence-electron chi connectivity index (χ2n) is 6.69. The summed E-state index contributed by atoms with van der Waals surface area (Å²) >= 11 is 0. The van der Waals surface area contributed by atoms with E-state index in [-0.39, 0.29) is 11.2 Å². The predicted octanol–water partition coefficient (Wildman–Crippen LogP) is 3.57. The Hall–Kier alpha value is -1.15. The van der Waals surface area contributed by atoms with Gasteiger partial charge in [-0.05, 0) is 55.5 Å². The number of nitrogens with zero attached hydrogens (tertiary/aromatic N) is 1. The number of hydrogen-bond donors (Lipinski definition) is 0. The van der Waals surface area contributed by atoms with Crippen molar-refractivity contribution in [2.75, 3.05) is 19.6 Å². The van der Waals surface area contributed by atoms with Gasteiger partial charge < -0.3 is 0 Å². The molecule has 0 bridgehead atoms. The molecule has 1 fully saturated rings. The number of likely N-dealkylation sites (tertiary alicyclic amines) is 1. The van der Waals surface area contributed by atoms with Crippen LogP contribution in [0, 0.1) is 6.92 Å². The molecular weight excluding hydrogens is 234 g/mol. The Labute approximate surface area is 116 Å². The van der Waals surface area contributed by atoms with E-state index in [2.05, 4.69) is 43.9 Å². The number of Topliss-reactive ketones (excluding diaryl/α,β-unsaturated/α-hetero) is 1. The fourth-order valence-corrected chi connectivity index (χ4v) is 2.62. The molecule has 1 aliphatic rings. The third kappa shape index (κ3) is 3.44. The lowest BCUT2D eigenvalue weighted by Gasteiger charge is -2.21. The average Bonchev–Trinajstić information content (AvgIpc) is 2.80. The monoisotopic (exact) mass is 259 g/mol. The Balaban J connectivity index is 2.20. The smallest absolute Gasteiger partial charge is 0.177 e. The highest BCUT2D eigenvalue weighted by atomic mass is 16.1. The molecule has 0 aliphatic carbocycles. The van der Waals surface area contributed by atoms with Crippen LogP contribution in [0.3, 0.4) is 0 Å². The molecule has 1 aromatic carbocycles. The maximum Gasteiger partial charge on any atom is 0.177 e. The van der Waals surface area contributed by atoms with E-state index in [1.165, 1.54) is 18.4 Å². The molecule has 0 atom stereocenters. The van der Waals surface area contributed by atoms with E-state index in [1.54, 1.807) is 0 Å². The summed E-state index contributed by atoms with van der Waals surface area (Å²) in [6.07, 6.45) is 2.46. The number of rotatable bonds is 3. The molecule has 0 amide bonds. The molecule has 1 aromatic rings. The van der Waals surface area contributed by atoms with Crippen molar-refractivity contribution in [3.8, 4) is 0 Å². The average molecular weight is 259 g/mol. The normalized spacial score (nSPS) is 16.8. The van der Waals surface area contributed by atoms with E-state index in [0.717, 1.165) is 24.2 Å². The lowest BCUT2D eigenvalue weighted by molar-refractivity contribution is 0.0944. The molecule has 0 radical (unpaired) electrons. The summed E-state index contributed by atoms with van der Waals surface area (Å²) in [4.78, 5) is 14.7. The molecule has 1 aliphatic heterocycles. The summed E-state index contributed by atoms with van der Waals surface area (Å²) < 4.78 is 0. The van der Waals surface area contributed by atoms with Gasteiger partial charge in [-0.15, -0.1) is 0 Å². The van der Waals surface area contributed by atoms with Gasteiger partial charge in [0.25, 0.3) is 0 Å². The van der Waals surface area contributed by atoms with Gasteiger partial charge in [-0.25, -0.2) is 0 Å². The van der Waals surface area contributed by atoms with Gasteiger partial charge in [0.05, 0.1) is 6.54 Å². The minimum atomic E-state index is 0.0936. The summed E-state index contributed by atoms with van der Waals surface area (Å²) in [6, 6.07) is 6.31. The van der Waals surface area contributed by atoms with Crippen molar-refractivity contribution in [2.45, 2.75) is 46.0 Å². The van der Waals surface area contributed by atoms with Crippen molar-refractivity contribution in [3.05, 3.63) is 34.9 Å². The third-order valence-corrected chi connectivity index (χ3v) is 3.97. The van der Waals surface area contributed by atoms with Crippen LogP contribution in [0.25, 0.3) is 0 Å². The lowest BCUT2D eigenvalue weighted by Crippen LogP contribution is -2.27. The zero-order chi connectivity index (χ0) is 14.0. The van der Waals surface area contributed by atoms with Gasteiger partial charge in [0.1, 0.15) is 0 Å². The Bertz CT molecular complexity index is 465. The zero-order valence-electron chi connectivity index (χ0n) is 12.6. The van der Waals surface area contributed by atoms with Crippen LogP contribution < -0.4 is 0 Å². The first kappa shape index (κ1) is 14.3. The highest BCUT2D eigenvalue weighted by Crippen LogP contribution is 2.25. The molecule has 0 aromatic heterocycles. The minimum Gasteiger partial charge on any atom is -0.296 e. The number of aryl methyl sites for hydroxylation is 1. The summed E-state index contributed by atoms with van der Waals surface area (Å²) in [6.45, 7) is 11.3. The lowest BCUT2D eigenvalue weighted by atomic mass is 9.85. The Morgan fingerprint density at radius 2 is 1.84 bits per heavy atom. The van der Waals surface area contributed by atoms with Crippen LogP contribution in [0.15, 0.2) is 18.2 Å². The van der Waals surface area contributed by atoms with Crippen molar-refractivity contribution in [1.82, 2.24) is 4.90 Å².